The van der Waals surface area contributed by atoms with Crippen LogP contribution in [0.4, 0.5) is 0 Å². The van der Waals surface area contributed by atoms with E-state index in [4.69, 9.17) is 10.7 Å². The summed E-state index contributed by atoms with van der Waals surface area (Å²) < 4.78 is 22.4. The number of nitrogens with zero attached hydrogens (tertiary/aromatic N) is 1. The van der Waals surface area contributed by atoms with Crippen molar-refractivity contribution in [3.8, 4) is 11.1 Å². The molecule has 3 rings (SSSR count). The number of carbonyl (C=O) groups excluding carboxylic acids is 1. The van der Waals surface area contributed by atoms with Gasteiger partial charge in [0.15, 0.2) is 0 Å². The molecule has 0 aromatic heterocycles. The zero-order valence-electron chi connectivity index (χ0n) is 13.1. The highest BCUT2D eigenvalue weighted by atomic mass is 35.7. The average Bonchev–Trinajstić information content (AvgIpc) is 2.86. The van der Waals surface area contributed by atoms with Crippen LogP contribution in [0.3, 0.4) is 0 Å². The SMILES string of the molecule is O=C1CC(CS(=O)(=O)Cl)CN1Cc1cccc(-c2ccccc2)c1. The number of halogens is 1. The van der Waals surface area contributed by atoms with Gasteiger partial charge in [0.2, 0.25) is 15.0 Å². The molecular weight excluding hydrogens is 346 g/mol. The largest absolute Gasteiger partial charge is 0.338 e. The number of carbonyl (C=O) groups is 1. The summed E-state index contributed by atoms with van der Waals surface area (Å²) in [5.74, 6) is -0.399. The molecule has 0 N–H and O–H groups in total. The Balaban J connectivity index is 1.72. The lowest BCUT2D eigenvalue weighted by Gasteiger charge is -2.17. The molecule has 1 unspecified atom stereocenters. The topological polar surface area (TPSA) is 54.5 Å². The molecule has 1 atom stereocenters. The molecule has 126 valence electrons. The molecule has 0 saturated carbocycles. The molecule has 0 radical (unpaired) electrons. The lowest BCUT2D eigenvalue weighted by atomic mass is 10.0. The highest BCUT2D eigenvalue weighted by Gasteiger charge is 2.32. The highest BCUT2D eigenvalue weighted by Crippen LogP contribution is 2.25. The Kier molecular flexibility index (Phi) is 4.92. The molecule has 1 heterocycles. The summed E-state index contributed by atoms with van der Waals surface area (Å²) in [6, 6.07) is 18.1. The number of benzene rings is 2. The van der Waals surface area contributed by atoms with Crippen molar-refractivity contribution in [3.63, 3.8) is 0 Å². The second-order valence-corrected chi connectivity index (χ2v) is 8.94. The quantitative estimate of drug-likeness (QED) is 0.766. The fourth-order valence-electron chi connectivity index (χ4n) is 3.10. The van der Waals surface area contributed by atoms with E-state index in [2.05, 4.69) is 6.07 Å². The standard InChI is InChI=1S/C18H18ClNO3S/c19-24(22,23)13-15-10-18(21)20(12-15)11-14-5-4-8-17(9-14)16-6-2-1-3-7-16/h1-9,15H,10-13H2. The lowest BCUT2D eigenvalue weighted by Crippen LogP contribution is -2.25. The van der Waals surface area contributed by atoms with E-state index in [9.17, 15) is 13.2 Å². The Morgan fingerprint density at radius 1 is 1.04 bits per heavy atom. The van der Waals surface area contributed by atoms with E-state index >= 15 is 0 Å². The van der Waals surface area contributed by atoms with Crippen molar-refractivity contribution in [3.05, 3.63) is 60.2 Å². The first kappa shape index (κ1) is 17.0. The lowest BCUT2D eigenvalue weighted by molar-refractivity contribution is -0.128. The molecule has 1 fully saturated rings. The Bertz CT molecular complexity index is 836. The van der Waals surface area contributed by atoms with E-state index in [-0.39, 0.29) is 24.0 Å². The fourth-order valence-corrected chi connectivity index (χ4v) is 4.42. The molecule has 1 aliphatic heterocycles. The van der Waals surface area contributed by atoms with Crippen LogP contribution in [-0.2, 0) is 20.4 Å². The number of rotatable bonds is 5. The van der Waals surface area contributed by atoms with Gasteiger partial charge in [0.1, 0.15) is 0 Å². The summed E-state index contributed by atoms with van der Waals surface area (Å²) in [5.41, 5.74) is 3.25. The zero-order chi connectivity index (χ0) is 17.2. The molecule has 1 aliphatic rings. The van der Waals surface area contributed by atoms with Crippen molar-refractivity contribution < 1.29 is 13.2 Å². The summed E-state index contributed by atoms with van der Waals surface area (Å²) in [6.07, 6.45) is 0.240. The second kappa shape index (κ2) is 6.95. The molecule has 24 heavy (non-hydrogen) atoms. The van der Waals surface area contributed by atoms with Crippen LogP contribution in [0.25, 0.3) is 11.1 Å². The first-order chi connectivity index (χ1) is 11.4. The third-order valence-corrected chi connectivity index (χ3v) is 5.38. The molecular formula is C18H18ClNO3S. The molecule has 2 aromatic carbocycles. The van der Waals surface area contributed by atoms with Gasteiger partial charge in [-0.2, -0.15) is 0 Å². The summed E-state index contributed by atoms with van der Waals surface area (Å²) in [5, 5.41) is 0. The van der Waals surface area contributed by atoms with Gasteiger partial charge >= 0.3 is 0 Å². The van der Waals surface area contributed by atoms with Crippen LogP contribution >= 0.6 is 10.7 Å². The van der Waals surface area contributed by atoms with Gasteiger partial charge < -0.3 is 4.90 Å². The van der Waals surface area contributed by atoms with Crippen LogP contribution in [0.1, 0.15) is 12.0 Å². The van der Waals surface area contributed by atoms with Crippen LogP contribution in [0, 0.1) is 5.92 Å². The maximum atomic E-state index is 12.1. The minimum absolute atomic E-state index is 0.0227. The van der Waals surface area contributed by atoms with E-state index in [0.717, 1.165) is 16.7 Å². The number of hydrogen-bond donors (Lipinski definition) is 0. The zero-order valence-corrected chi connectivity index (χ0v) is 14.6. The van der Waals surface area contributed by atoms with Crippen LogP contribution in [0.5, 0.6) is 0 Å². The van der Waals surface area contributed by atoms with Gasteiger partial charge in [-0.3, -0.25) is 4.79 Å². The summed E-state index contributed by atoms with van der Waals surface area (Å²) in [6.45, 7) is 0.915. The summed E-state index contributed by atoms with van der Waals surface area (Å²) in [7, 11) is 1.72. The van der Waals surface area contributed by atoms with Crippen molar-refractivity contribution in [1.82, 2.24) is 4.90 Å². The van der Waals surface area contributed by atoms with Crippen LogP contribution in [-0.4, -0.2) is 31.5 Å². The number of hydrogen-bond acceptors (Lipinski definition) is 3. The van der Waals surface area contributed by atoms with E-state index < -0.39 is 9.05 Å². The van der Waals surface area contributed by atoms with Crippen LogP contribution in [0.15, 0.2) is 54.6 Å². The van der Waals surface area contributed by atoms with Gasteiger partial charge in [0, 0.05) is 36.1 Å². The first-order valence-corrected chi connectivity index (χ1v) is 10.2. The fraction of sp³-hybridized carbons (Fsp3) is 0.278. The highest BCUT2D eigenvalue weighted by molar-refractivity contribution is 8.13. The molecule has 4 nitrogen and oxygen atoms in total. The van der Waals surface area contributed by atoms with Crippen molar-refractivity contribution in [2.24, 2.45) is 5.92 Å². The van der Waals surface area contributed by atoms with E-state index in [0.29, 0.717) is 13.1 Å². The minimum atomic E-state index is -3.58. The maximum Gasteiger partial charge on any atom is 0.232 e. The van der Waals surface area contributed by atoms with Gasteiger partial charge in [-0.25, -0.2) is 8.42 Å². The normalized spacial score (nSPS) is 18.1. The van der Waals surface area contributed by atoms with Crippen LogP contribution < -0.4 is 0 Å². The van der Waals surface area contributed by atoms with Gasteiger partial charge in [0.05, 0.1) is 5.75 Å². The third kappa shape index (κ3) is 4.36. The molecule has 1 saturated heterocycles. The molecule has 0 spiro atoms. The third-order valence-electron chi connectivity index (χ3n) is 4.14. The summed E-state index contributed by atoms with van der Waals surface area (Å²) >= 11 is 0. The molecule has 1 amide bonds. The predicted molar refractivity (Wildman–Crippen MR) is 95.0 cm³/mol. The number of amides is 1. The Hall–Kier alpha value is -1.85. The monoisotopic (exact) mass is 363 g/mol. The minimum Gasteiger partial charge on any atom is -0.338 e. The summed E-state index contributed by atoms with van der Waals surface area (Å²) in [4.78, 5) is 13.8. The Morgan fingerprint density at radius 2 is 1.75 bits per heavy atom. The van der Waals surface area contributed by atoms with Crippen molar-refractivity contribution in [1.29, 1.82) is 0 Å². The van der Waals surface area contributed by atoms with E-state index in [1.165, 1.54) is 0 Å². The molecule has 0 bridgehead atoms. The smallest absolute Gasteiger partial charge is 0.232 e. The first-order valence-electron chi connectivity index (χ1n) is 7.75. The van der Waals surface area contributed by atoms with Crippen molar-refractivity contribution in [2.45, 2.75) is 13.0 Å². The van der Waals surface area contributed by atoms with E-state index in [1.54, 1.807) is 4.90 Å². The Labute approximate surface area is 146 Å². The van der Waals surface area contributed by atoms with E-state index in [1.807, 2.05) is 48.5 Å². The number of likely N-dealkylation sites (tertiary alicyclic amines) is 1. The van der Waals surface area contributed by atoms with Gasteiger partial charge in [0.25, 0.3) is 0 Å². The Morgan fingerprint density at radius 3 is 2.46 bits per heavy atom. The van der Waals surface area contributed by atoms with Crippen LogP contribution in [0.2, 0.25) is 0 Å². The van der Waals surface area contributed by atoms with Crippen molar-refractivity contribution >= 4 is 25.6 Å². The second-order valence-electron chi connectivity index (χ2n) is 6.12. The molecule has 6 heteroatoms. The van der Waals surface area contributed by atoms with Gasteiger partial charge in [-0.05, 0) is 22.8 Å². The molecule has 0 aliphatic carbocycles. The van der Waals surface area contributed by atoms with Gasteiger partial charge in [-0.1, -0.05) is 48.5 Å². The average molecular weight is 364 g/mol. The van der Waals surface area contributed by atoms with Gasteiger partial charge in [-0.15, -0.1) is 0 Å². The molecule has 2 aromatic rings. The van der Waals surface area contributed by atoms with Crippen molar-refractivity contribution in [2.75, 3.05) is 12.3 Å². The predicted octanol–water partition coefficient (Wildman–Crippen LogP) is 3.27. The maximum absolute atomic E-state index is 12.1.